The number of carbonyl (C=O) groups is 1. The number of nitrogens with one attached hydrogen (secondary N) is 1. The van der Waals surface area contributed by atoms with Crippen molar-refractivity contribution in [2.24, 2.45) is 5.73 Å². The zero-order chi connectivity index (χ0) is 8.69. The topological polar surface area (TPSA) is 75.3 Å². The normalized spacial score (nSPS) is 11.8. The third-order valence-electron chi connectivity index (χ3n) is 1.59. The van der Waals surface area contributed by atoms with Crippen molar-refractivity contribution in [2.75, 3.05) is 13.6 Å². The number of carboxylic acids is 1. The highest BCUT2D eigenvalue weighted by Crippen LogP contribution is 1.99. The minimum absolute atomic E-state index is 0. The Kier molecular flexibility index (Phi) is 10.4. The Balaban J connectivity index is 0. The molecular weight excluding hydrogens is 180 g/mol. The van der Waals surface area contributed by atoms with Gasteiger partial charge in [0.05, 0.1) is 0 Å². The lowest BCUT2D eigenvalue weighted by Crippen LogP contribution is -2.33. The first kappa shape index (κ1) is 14.2. The molecule has 0 rings (SSSR count). The highest BCUT2D eigenvalue weighted by Gasteiger charge is 2.12. The van der Waals surface area contributed by atoms with E-state index in [2.05, 4.69) is 5.32 Å². The summed E-state index contributed by atoms with van der Waals surface area (Å²) in [7, 11) is 1.65. The van der Waals surface area contributed by atoms with E-state index in [0.29, 0.717) is 13.0 Å². The van der Waals surface area contributed by atoms with E-state index in [-0.39, 0.29) is 12.4 Å². The number of hydrogen-bond acceptors (Lipinski definition) is 3. The van der Waals surface area contributed by atoms with Crippen molar-refractivity contribution in [2.45, 2.75) is 25.3 Å². The summed E-state index contributed by atoms with van der Waals surface area (Å²) in [4.78, 5) is 10.4. The average molecular weight is 197 g/mol. The number of unbranched alkanes of at least 4 members (excludes halogenated alkanes) is 1. The van der Waals surface area contributed by atoms with Gasteiger partial charge in [-0.05, 0) is 26.4 Å². The number of nitrogens with two attached hydrogens (primary N) is 1. The quantitative estimate of drug-likeness (QED) is 0.531. The third kappa shape index (κ3) is 6.39. The van der Waals surface area contributed by atoms with Gasteiger partial charge in [0.1, 0.15) is 6.04 Å². The summed E-state index contributed by atoms with van der Waals surface area (Å²) < 4.78 is 0. The van der Waals surface area contributed by atoms with Crippen LogP contribution < -0.4 is 11.1 Å². The number of aliphatic carboxylic acids is 1. The van der Waals surface area contributed by atoms with Crippen molar-refractivity contribution in [3.05, 3.63) is 0 Å². The second-order valence-corrected chi connectivity index (χ2v) is 2.46. The smallest absolute Gasteiger partial charge is 0.320 e. The fraction of sp³-hybridized carbons (Fsp3) is 0.857. The van der Waals surface area contributed by atoms with Gasteiger partial charge in [-0.1, -0.05) is 6.42 Å². The van der Waals surface area contributed by atoms with Gasteiger partial charge in [-0.3, -0.25) is 4.79 Å². The van der Waals surface area contributed by atoms with Crippen LogP contribution in [0.2, 0.25) is 0 Å². The fourth-order valence-electron chi connectivity index (χ4n) is 0.884. The van der Waals surface area contributed by atoms with Crippen LogP contribution in [0.3, 0.4) is 0 Å². The maximum atomic E-state index is 10.4. The van der Waals surface area contributed by atoms with Crippen molar-refractivity contribution in [3.63, 3.8) is 0 Å². The molecule has 0 spiro atoms. The van der Waals surface area contributed by atoms with E-state index in [1.54, 1.807) is 7.05 Å². The molecule has 0 aromatic heterocycles. The maximum absolute atomic E-state index is 10.4. The molecule has 0 aromatic rings. The molecule has 0 unspecified atom stereocenters. The summed E-state index contributed by atoms with van der Waals surface area (Å²) in [6.07, 6.45) is 2.42. The third-order valence-corrected chi connectivity index (χ3v) is 1.59. The molecule has 0 saturated heterocycles. The van der Waals surface area contributed by atoms with Crippen molar-refractivity contribution in [1.82, 2.24) is 5.32 Å². The van der Waals surface area contributed by atoms with Crippen LogP contribution in [-0.2, 0) is 4.79 Å². The molecule has 0 aromatic carbocycles. The van der Waals surface area contributed by atoms with E-state index < -0.39 is 12.0 Å². The summed E-state index contributed by atoms with van der Waals surface area (Å²) in [6.45, 7) is 0.635. The minimum atomic E-state index is -0.787. The van der Waals surface area contributed by atoms with Crippen LogP contribution in [0.15, 0.2) is 0 Å². The SMILES string of the molecule is CN[C@H](CCCCN)C(=O)O.Cl. The van der Waals surface area contributed by atoms with Gasteiger partial charge in [0, 0.05) is 0 Å². The molecule has 0 amide bonds. The average Bonchev–Trinajstić information content (AvgIpc) is 1.97. The number of carboxylic acid groups (broad SMARTS) is 1. The summed E-state index contributed by atoms with van der Waals surface area (Å²) in [6, 6.07) is -0.415. The monoisotopic (exact) mass is 196 g/mol. The number of halogens is 1. The van der Waals surface area contributed by atoms with Gasteiger partial charge in [-0.25, -0.2) is 0 Å². The molecule has 0 fully saturated rings. The first-order valence-electron chi connectivity index (χ1n) is 3.82. The van der Waals surface area contributed by atoms with Crippen molar-refractivity contribution in [1.29, 1.82) is 0 Å². The number of hydrogen-bond donors (Lipinski definition) is 3. The first-order valence-corrected chi connectivity index (χ1v) is 3.82. The molecule has 4 nitrogen and oxygen atoms in total. The van der Waals surface area contributed by atoms with Gasteiger partial charge in [0.25, 0.3) is 0 Å². The zero-order valence-electron chi connectivity index (χ0n) is 7.25. The second kappa shape index (κ2) is 8.77. The molecule has 4 N–H and O–H groups in total. The van der Waals surface area contributed by atoms with Gasteiger partial charge >= 0.3 is 5.97 Å². The van der Waals surface area contributed by atoms with Gasteiger partial charge in [-0.15, -0.1) is 12.4 Å². The standard InChI is InChI=1S/C7H16N2O2.ClH/c1-9-6(7(10)11)4-2-3-5-8;/h6,9H,2-5,8H2,1H3,(H,10,11);1H/t6-;/m1./s1. The Morgan fingerprint density at radius 2 is 2.17 bits per heavy atom. The number of likely N-dealkylation sites (N-methyl/N-ethyl adjacent to an activating group) is 1. The number of rotatable bonds is 6. The molecule has 0 heterocycles. The van der Waals surface area contributed by atoms with Crippen LogP contribution in [0.1, 0.15) is 19.3 Å². The zero-order valence-corrected chi connectivity index (χ0v) is 8.06. The lowest BCUT2D eigenvalue weighted by Gasteiger charge is -2.09. The fourth-order valence-corrected chi connectivity index (χ4v) is 0.884. The summed E-state index contributed by atoms with van der Waals surface area (Å²) in [5.41, 5.74) is 5.26. The molecule has 0 aliphatic carbocycles. The Morgan fingerprint density at radius 1 is 1.58 bits per heavy atom. The molecule has 12 heavy (non-hydrogen) atoms. The van der Waals surface area contributed by atoms with Gasteiger partial charge in [0.15, 0.2) is 0 Å². The molecule has 74 valence electrons. The summed E-state index contributed by atoms with van der Waals surface area (Å²) in [5, 5.41) is 11.3. The molecule has 5 heteroatoms. The van der Waals surface area contributed by atoms with Crippen LogP contribution in [0.25, 0.3) is 0 Å². The highest BCUT2D eigenvalue weighted by atomic mass is 35.5. The van der Waals surface area contributed by atoms with E-state index in [4.69, 9.17) is 10.8 Å². The minimum Gasteiger partial charge on any atom is -0.480 e. The van der Waals surface area contributed by atoms with Crippen LogP contribution in [0.5, 0.6) is 0 Å². The Labute approximate surface area is 78.9 Å². The van der Waals surface area contributed by atoms with Crippen molar-refractivity contribution >= 4 is 18.4 Å². The summed E-state index contributed by atoms with van der Waals surface area (Å²) >= 11 is 0. The maximum Gasteiger partial charge on any atom is 0.320 e. The lowest BCUT2D eigenvalue weighted by molar-refractivity contribution is -0.139. The van der Waals surface area contributed by atoms with E-state index in [9.17, 15) is 4.79 Å². The molecule has 0 aliphatic rings. The Bertz CT molecular complexity index is 122. The van der Waals surface area contributed by atoms with Gasteiger partial charge in [-0.2, -0.15) is 0 Å². The van der Waals surface area contributed by atoms with Crippen molar-refractivity contribution in [3.8, 4) is 0 Å². The van der Waals surface area contributed by atoms with Gasteiger partial charge < -0.3 is 16.2 Å². The predicted octanol–water partition coefficient (Wildman–Crippen LogP) is 0.210. The Hall–Kier alpha value is -0.320. The molecular formula is C7H17ClN2O2. The summed E-state index contributed by atoms with van der Waals surface area (Å²) in [5.74, 6) is -0.787. The molecule has 0 bridgehead atoms. The molecule has 1 atom stereocenters. The van der Waals surface area contributed by atoms with Crippen LogP contribution in [-0.4, -0.2) is 30.7 Å². The van der Waals surface area contributed by atoms with E-state index in [0.717, 1.165) is 12.8 Å². The lowest BCUT2D eigenvalue weighted by atomic mass is 10.1. The second-order valence-electron chi connectivity index (χ2n) is 2.46. The molecule has 0 saturated carbocycles. The van der Waals surface area contributed by atoms with Crippen molar-refractivity contribution < 1.29 is 9.90 Å². The van der Waals surface area contributed by atoms with E-state index in [1.165, 1.54) is 0 Å². The molecule has 0 aliphatic heterocycles. The van der Waals surface area contributed by atoms with Gasteiger partial charge in [0.2, 0.25) is 0 Å². The van der Waals surface area contributed by atoms with Crippen LogP contribution in [0.4, 0.5) is 0 Å². The highest BCUT2D eigenvalue weighted by molar-refractivity contribution is 5.85. The van der Waals surface area contributed by atoms with Crippen LogP contribution in [0, 0.1) is 0 Å². The predicted molar refractivity (Wildman–Crippen MR) is 50.6 cm³/mol. The largest absolute Gasteiger partial charge is 0.480 e. The van der Waals surface area contributed by atoms with E-state index in [1.807, 2.05) is 0 Å². The Morgan fingerprint density at radius 3 is 2.50 bits per heavy atom. The molecule has 0 radical (unpaired) electrons. The first-order chi connectivity index (χ1) is 5.22. The van der Waals surface area contributed by atoms with E-state index >= 15 is 0 Å². The van der Waals surface area contributed by atoms with Crippen LogP contribution >= 0.6 is 12.4 Å².